The molecule has 8 N–H and O–H groups in total. The normalized spacial score (nSPS) is 12.8. The minimum Gasteiger partial charge on any atom is -0.480 e. The summed E-state index contributed by atoms with van der Waals surface area (Å²) in [4.78, 5) is 62.1. The van der Waals surface area contributed by atoms with E-state index in [2.05, 4.69) is 36.7 Å². The van der Waals surface area contributed by atoms with Crippen LogP contribution in [0.2, 0.25) is 0 Å². The molecule has 0 radical (unpaired) electrons. The van der Waals surface area contributed by atoms with Crippen molar-refractivity contribution in [3.05, 3.63) is 83.7 Å². The molecule has 0 unspecified atom stereocenters. The Kier molecular flexibility index (Phi) is 11.5. The molecule has 0 spiro atoms. The first-order valence-corrected chi connectivity index (χ1v) is 12.8. The number of rotatable bonds is 15. The highest BCUT2D eigenvalue weighted by molar-refractivity contribution is 5.94. The maximum atomic E-state index is 13.1. The molecule has 0 bridgehead atoms. The molecule has 0 saturated carbocycles. The van der Waals surface area contributed by atoms with Crippen molar-refractivity contribution < 1.29 is 29.1 Å². The van der Waals surface area contributed by atoms with Crippen LogP contribution in [0.3, 0.4) is 0 Å². The highest BCUT2D eigenvalue weighted by Gasteiger charge is 2.26. The molecule has 0 aliphatic heterocycles. The van der Waals surface area contributed by atoms with E-state index in [1.165, 1.54) is 6.20 Å². The fourth-order valence-corrected chi connectivity index (χ4v) is 3.86. The van der Waals surface area contributed by atoms with Crippen molar-refractivity contribution in [2.45, 2.75) is 37.4 Å². The molecule has 3 atom stereocenters. The number of H-pyrrole nitrogens is 1. The third kappa shape index (κ3) is 10.5. The Bertz CT molecular complexity index is 1300. The number of carbonyl (C=O) groups is 5. The van der Waals surface area contributed by atoms with Crippen molar-refractivity contribution >= 4 is 29.6 Å². The lowest BCUT2D eigenvalue weighted by Gasteiger charge is -2.21. The van der Waals surface area contributed by atoms with Crippen molar-refractivity contribution in [2.24, 2.45) is 5.73 Å². The van der Waals surface area contributed by atoms with Gasteiger partial charge in [-0.15, -0.1) is 0 Å². The van der Waals surface area contributed by atoms with Crippen LogP contribution in [0, 0.1) is 0 Å². The van der Waals surface area contributed by atoms with E-state index in [9.17, 15) is 24.0 Å². The van der Waals surface area contributed by atoms with Gasteiger partial charge < -0.3 is 32.1 Å². The molecular formula is C27H32N8O6. The van der Waals surface area contributed by atoms with Gasteiger partial charge in [0.1, 0.15) is 18.6 Å². The number of aromatic nitrogens is 3. The average molecular weight is 565 g/mol. The molecule has 0 saturated heterocycles. The minimum atomic E-state index is -1.23. The van der Waals surface area contributed by atoms with E-state index in [4.69, 9.17) is 10.8 Å². The molecule has 41 heavy (non-hydrogen) atoms. The van der Waals surface area contributed by atoms with Crippen LogP contribution in [0.5, 0.6) is 0 Å². The first kappa shape index (κ1) is 30.4. The molecule has 4 amide bonds. The molecule has 3 aromatic rings. The number of nitrogens with one attached hydrogen (secondary N) is 5. The van der Waals surface area contributed by atoms with Crippen molar-refractivity contribution in [2.75, 3.05) is 13.1 Å². The van der Waals surface area contributed by atoms with Crippen molar-refractivity contribution in [1.29, 1.82) is 0 Å². The van der Waals surface area contributed by atoms with E-state index >= 15 is 0 Å². The fourth-order valence-electron chi connectivity index (χ4n) is 3.86. The van der Waals surface area contributed by atoms with Gasteiger partial charge in [0.05, 0.1) is 24.5 Å². The van der Waals surface area contributed by atoms with Crippen molar-refractivity contribution in [1.82, 2.24) is 36.7 Å². The van der Waals surface area contributed by atoms with Crippen LogP contribution in [0.15, 0.2) is 66.9 Å². The molecule has 2 aromatic carbocycles. The molecule has 216 valence electrons. The largest absolute Gasteiger partial charge is 0.480 e. The van der Waals surface area contributed by atoms with E-state index < -0.39 is 60.8 Å². The Morgan fingerprint density at radius 1 is 0.756 bits per heavy atom. The predicted octanol–water partition coefficient (Wildman–Crippen LogP) is -1.55. The smallest absolute Gasteiger partial charge is 0.322 e. The van der Waals surface area contributed by atoms with E-state index in [1.807, 2.05) is 6.07 Å². The number of benzene rings is 2. The predicted molar refractivity (Wildman–Crippen MR) is 146 cm³/mol. The van der Waals surface area contributed by atoms with Gasteiger partial charge in [-0.05, 0) is 11.1 Å². The second-order valence-electron chi connectivity index (χ2n) is 9.16. The van der Waals surface area contributed by atoms with Crippen LogP contribution in [0.4, 0.5) is 0 Å². The average Bonchev–Trinajstić information content (AvgIpc) is 3.48. The summed E-state index contributed by atoms with van der Waals surface area (Å²) in [5, 5.41) is 28.8. The Balaban J connectivity index is 1.63. The third-order valence-corrected chi connectivity index (χ3v) is 5.92. The second kappa shape index (κ2) is 15.5. The van der Waals surface area contributed by atoms with E-state index in [0.717, 1.165) is 11.1 Å². The van der Waals surface area contributed by atoms with Gasteiger partial charge in [0.15, 0.2) is 0 Å². The summed E-state index contributed by atoms with van der Waals surface area (Å²) in [6.45, 7) is -1.11. The summed E-state index contributed by atoms with van der Waals surface area (Å²) in [5.41, 5.74) is 7.98. The van der Waals surface area contributed by atoms with Crippen LogP contribution < -0.4 is 27.0 Å². The molecular weight excluding hydrogens is 532 g/mol. The van der Waals surface area contributed by atoms with Crippen LogP contribution in [-0.4, -0.2) is 81.3 Å². The van der Waals surface area contributed by atoms with E-state index in [0.29, 0.717) is 5.69 Å². The first-order chi connectivity index (χ1) is 19.7. The topological polar surface area (TPSA) is 221 Å². The lowest BCUT2D eigenvalue weighted by Crippen LogP contribution is -2.55. The number of hydrogen-bond donors (Lipinski definition) is 7. The zero-order valence-corrected chi connectivity index (χ0v) is 22.1. The minimum absolute atomic E-state index is 0.0944. The zero-order chi connectivity index (χ0) is 29.6. The summed E-state index contributed by atoms with van der Waals surface area (Å²) in [5.74, 6) is -3.83. The molecule has 0 fully saturated rings. The molecule has 14 heteroatoms. The lowest BCUT2D eigenvalue weighted by molar-refractivity contribution is -0.138. The number of nitrogens with zero attached hydrogens (tertiary/aromatic N) is 2. The van der Waals surface area contributed by atoms with Crippen molar-refractivity contribution in [3.8, 4) is 0 Å². The second-order valence-corrected chi connectivity index (χ2v) is 9.16. The fraction of sp³-hybridized carbons (Fsp3) is 0.296. The summed E-state index contributed by atoms with van der Waals surface area (Å²) in [6.07, 6.45) is 1.76. The molecule has 3 rings (SSSR count). The molecule has 14 nitrogen and oxygen atoms in total. The number of aliphatic carboxylic acids is 1. The van der Waals surface area contributed by atoms with Crippen LogP contribution in [-0.2, 0) is 43.2 Å². The van der Waals surface area contributed by atoms with E-state index in [1.54, 1.807) is 54.6 Å². The highest BCUT2D eigenvalue weighted by Crippen LogP contribution is 2.06. The lowest BCUT2D eigenvalue weighted by atomic mass is 10.0. The number of carboxylic acid groups (broad SMARTS) is 1. The van der Waals surface area contributed by atoms with Gasteiger partial charge in [0.25, 0.3) is 0 Å². The van der Waals surface area contributed by atoms with Gasteiger partial charge in [-0.3, -0.25) is 24.0 Å². The molecule has 0 aliphatic carbocycles. The first-order valence-electron chi connectivity index (χ1n) is 12.8. The van der Waals surface area contributed by atoms with Gasteiger partial charge >= 0.3 is 5.97 Å². The molecule has 0 aliphatic rings. The molecule has 1 aromatic heterocycles. The van der Waals surface area contributed by atoms with Gasteiger partial charge in [-0.25, -0.2) is 0 Å². The summed E-state index contributed by atoms with van der Waals surface area (Å²) >= 11 is 0. The quantitative estimate of drug-likeness (QED) is 0.113. The number of carboxylic acids is 1. The number of amides is 4. The Morgan fingerprint density at radius 3 is 1.80 bits per heavy atom. The van der Waals surface area contributed by atoms with Gasteiger partial charge in [-0.2, -0.15) is 15.4 Å². The SMILES string of the molecule is N[C@@H](Cc1cn[nH]n1)C(=O)N[C@@H](Cc1ccccc1)C(=O)NCC(=O)N[C@@H](Cc1ccccc1)C(=O)NCC(=O)O. The number of nitrogens with two attached hydrogens (primary N) is 1. The monoisotopic (exact) mass is 564 g/mol. The third-order valence-electron chi connectivity index (χ3n) is 5.92. The van der Waals surface area contributed by atoms with Crippen LogP contribution >= 0.6 is 0 Å². The van der Waals surface area contributed by atoms with Crippen molar-refractivity contribution in [3.63, 3.8) is 0 Å². The van der Waals surface area contributed by atoms with Crippen LogP contribution in [0.1, 0.15) is 16.8 Å². The van der Waals surface area contributed by atoms with Gasteiger partial charge in [0.2, 0.25) is 23.6 Å². The number of aromatic amines is 1. The molecule has 1 heterocycles. The highest BCUT2D eigenvalue weighted by atomic mass is 16.4. The number of hydrogen-bond acceptors (Lipinski definition) is 8. The standard InChI is InChI=1S/C27H32N8O6/c28-20(13-19-14-31-35-34-19)25(39)33-22(12-18-9-5-2-6-10-18)27(41)29-15-23(36)32-21(26(40)30-16-24(37)38)11-17-7-3-1-4-8-17/h1-10,14,20-22H,11-13,15-16,28H2,(H,29,41)(H,30,40)(H,32,36)(H,33,39)(H,37,38)(H,31,34,35)/t20-,21-,22-/m0/s1. The van der Waals surface area contributed by atoms with E-state index in [-0.39, 0.29) is 19.3 Å². The maximum Gasteiger partial charge on any atom is 0.322 e. The van der Waals surface area contributed by atoms with Gasteiger partial charge in [-0.1, -0.05) is 60.7 Å². The summed E-state index contributed by atoms with van der Waals surface area (Å²) in [7, 11) is 0. The Morgan fingerprint density at radius 2 is 1.29 bits per heavy atom. The maximum absolute atomic E-state index is 13.1. The Hall–Kier alpha value is -5.11. The summed E-state index contributed by atoms with van der Waals surface area (Å²) in [6, 6.07) is 14.7. The zero-order valence-electron chi connectivity index (χ0n) is 22.1. The van der Waals surface area contributed by atoms with Gasteiger partial charge in [0, 0.05) is 19.3 Å². The Labute approximate surface area is 235 Å². The summed E-state index contributed by atoms with van der Waals surface area (Å²) < 4.78 is 0. The number of carbonyl (C=O) groups excluding carboxylic acids is 4. The van der Waals surface area contributed by atoms with Crippen LogP contribution in [0.25, 0.3) is 0 Å².